The van der Waals surface area contributed by atoms with Gasteiger partial charge < -0.3 is 8.85 Å². The van der Waals surface area contributed by atoms with E-state index in [1.165, 1.54) is 84.0 Å². The van der Waals surface area contributed by atoms with Gasteiger partial charge in [0.1, 0.15) is 9.52 Å². The van der Waals surface area contributed by atoms with Gasteiger partial charge in [-0.15, -0.1) is 12.1 Å². The van der Waals surface area contributed by atoms with E-state index >= 15 is 0 Å². The Morgan fingerprint density at radius 1 is 0.580 bits per heavy atom. The molecule has 0 saturated carbocycles. The van der Waals surface area contributed by atoms with Crippen LogP contribution >= 0.6 is 17.0 Å². The minimum absolute atomic E-state index is 0.271. The van der Waals surface area contributed by atoms with Gasteiger partial charge in [-0.05, 0) is 47.8 Å². The maximum Gasteiger partial charge on any atom is 0.103 e. The van der Waals surface area contributed by atoms with Crippen molar-refractivity contribution < 1.29 is 29.7 Å². The molecule has 0 N–H and O–H groups in total. The summed E-state index contributed by atoms with van der Waals surface area (Å²) in [7, 11) is 6.82. The Morgan fingerprint density at radius 2 is 0.900 bits per heavy atom. The van der Waals surface area contributed by atoms with Crippen molar-refractivity contribution in [2.24, 2.45) is 0 Å². The second-order valence-electron chi connectivity index (χ2n) is 16.7. The van der Waals surface area contributed by atoms with Crippen LogP contribution in [0.25, 0.3) is 0 Å². The molecule has 2 aliphatic rings. The molecule has 0 spiro atoms. The third-order valence-electron chi connectivity index (χ3n) is 10.7. The Kier molecular flexibility index (Phi) is 17.1. The largest absolute Gasteiger partial charge is 0.103 e. The van der Waals surface area contributed by atoms with Crippen molar-refractivity contribution >= 4 is 53.6 Å². The van der Waals surface area contributed by atoms with Crippen molar-refractivity contribution in [2.45, 2.75) is 129 Å². The van der Waals surface area contributed by atoms with Crippen LogP contribution in [0.4, 0.5) is 0 Å². The molecule has 2 aliphatic carbocycles. The molecule has 6 rings (SSSR count). The first-order valence-electron chi connectivity index (χ1n) is 18.3. The molecule has 0 unspecified atom stereocenters. The molecule has 8 heteroatoms. The van der Waals surface area contributed by atoms with Crippen LogP contribution in [-0.4, -0.2) is 26.2 Å². The van der Waals surface area contributed by atoms with Crippen molar-refractivity contribution in [1.29, 1.82) is 0 Å². The number of fused-ring (bicyclic) bond motifs is 2. The monoisotopic (exact) mass is 841 g/mol. The van der Waals surface area contributed by atoms with Gasteiger partial charge in [0.15, 0.2) is 0 Å². The van der Waals surface area contributed by atoms with Gasteiger partial charge in [0, 0.05) is 0 Å². The molecule has 4 aromatic rings. The molecule has 1 radical (unpaired) electrons. The van der Waals surface area contributed by atoms with Crippen LogP contribution < -0.4 is 19.2 Å². The Balaban J connectivity index is 0.000000197. The number of hydrogen-bond donors (Lipinski definition) is 0. The first kappa shape index (κ1) is 43.3. The van der Waals surface area contributed by atoms with Gasteiger partial charge in [0.05, 0.1) is 0 Å². The Bertz CT molecular complexity index is 1390. The molecule has 0 aromatic heterocycles. The summed E-state index contributed by atoms with van der Waals surface area (Å²) in [5.74, 6) is 2.26. The topological polar surface area (TPSA) is 18.5 Å². The van der Waals surface area contributed by atoms with Crippen LogP contribution in [0.5, 0.6) is 11.5 Å². The molecule has 0 amide bonds. The zero-order valence-electron chi connectivity index (χ0n) is 32.4. The van der Waals surface area contributed by atoms with Gasteiger partial charge in [-0.2, -0.15) is 34.4 Å². The standard InChI is InChI=1S/2C15H25OSi.C12H11Si.2ClH.Zr/c2*1-15(2,3)17(4,5)16-14-10-12-8-6-7-9-13(12)11-14;1-3-7-11(8-4-1)13-12-9-5-2-6-10-12;;;/h2*10-11H,6-9H2,1-5H3;1-10,13H;2*1H;/q2*-1;;;;+4/p-2. The average Bonchev–Trinajstić information content (AvgIpc) is 3.64. The van der Waals surface area contributed by atoms with Gasteiger partial charge in [0.2, 0.25) is 16.6 Å². The van der Waals surface area contributed by atoms with E-state index in [4.69, 9.17) is 25.9 Å². The first-order chi connectivity index (χ1) is 23.5. The summed E-state index contributed by atoms with van der Waals surface area (Å²) in [4.78, 5) is 0. The van der Waals surface area contributed by atoms with Crippen LogP contribution in [0, 0.1) is 0 Å². The van der Waals surface area contributed by atoms with Crippen molar-refractivity contribution in [3.8, 4) is 11.5 Å². The second kappa shape index (κ2) is 19.8. The summed E-state index contributed by atoms with van der Waals surface area (Å²) in [6.07, 6.45) is 10.4. The molecule has 0 atom stereocenters. The van der Waals surface area contributed by atoms with Crippen LogP contribution in [0.1, 0.15) is 89.5 Å². The van der Waals surface area contributed by atoms with Crippen molar-refractivity contribution in [3.63, 3.8) is 0 Å². The summed E-state index contributed by atoms with van der Waals surface area (Å²) < 4.78 is 12.7. The fourth-order valence-electron chi connectivity index (χ4n) is 5.64. The minimum atomic E-state index is -1.66. The zero-order valence-corrected chi connectivity index (χ0v) is 39.5. The van der Waals surface area contributed by atoms with Gasteiger partial charge in [-0.3, -0.25) is 0 Å². The molecule has 50 heavy (non-hydrogen) atoms. The summed E-state index contributed by atoms with van der Waals surface area (Å²) in [5, 5.41) is 3.47. The molecular weight excluding hydrogens is 783 g/mol. The first-order valence-corrected chi connectivity index (χ1v) is 31.6. The van der Waals surface area contributed by atoms with Gasteiger partial charge >= 0.3 is 37.9 Å². The van der Waals surface area contributed by atoms with Crippen molar-refractivity contribution in [2.75, 3.05) is 0 Å². The van der Waals surface area contributed by atoms with E-state index in [9.17, 15) is 0 Å². The SMILES string of the molecule is CC(C)(C)[Si](C)(C)Oc1cc2c([cH-]1)CCCC2.CC(C)(C)[Si](C)(C)Oc1cc2c([cH-]1)CCCC2.[Cl][Zr+2][Cl].c1ccc([SiH]c2ccccc2)cc1. The van der Waals surface area contributed by atoms with Crippen LogP contribution in [0.2, 0.25) is 36.3 Å². The summed E-state index contributed by atoms with van der Waals surface area (Å²) in [6.45, 7) is 23.0. The molecule has 0 saturated heterocycles. The van der Waals surface area contributed by atoms with Gasteiger partial charge in [0.25, 0.3) is 0 Å². The van der Waals surface area contributed by atoms with E-state index in [1.54, 1.807) is 0 Å². The van der Waals surface area contributed by atoms with Gasteiger partial charge in [-0.25, -0.2) is 0 Å². The van der Waals surface area contributed by atoms with E-state index in [0.29, 0.717) is 0 Å². The second-order valence-corrected chi connectivity index (χ2v) is 31.5. The molecule has 0 aliphatic heterocycles. The molecular formula is C42H61Cl2O2Si3Zr. The fraction of sp³-hybridized carbons (Fsp3) is 0.476. The quantitative estimate of drug-likeness (QED) is 0.142. The Labute approximate surface area is 328 Å². The van der Waals surface area contributed by atoms with E-state index in [0.717, 1.165) is 11.5 Å². The molecule has 271 valence electrons. The van der Waals surface area contributed by atoms with E-state index in [-0.39, 0.29) is 19.6 Å². The maximum atomic E-state index is 6.36. The molecule has 0 fully saturated rings. The molecule has 2 nitrogen and oxygen atoms in total. The summed E-state index contributed by atoms with van der Waals surface area (Å²) in [5.41, 5.74) is 6.13. The third kappa shape index (κ3) is 13.7. The number of rotatable bonds is 6. The van der Waals surface area contributed by atoms with Crippen molar-refractivity contribution in [1.82, 2.24) is 0 Å². The predicted octanol–water partition coefficient (Wildman–Crippen LogP) is 11.8. The molecule has 0 heterocycles. The summed E-state index contributed by atoms with van der Waals surface area (Å²) in [6, 6.07) is 30.5. The number of benzene rings is 2. The van der Waals surface area contributed by atoms with E-state index < -0.39 is 37.5 Å². The number of hydrogen-bond acceptors (Lipinski definition) is 2. The Morgan fingerprint density at radius 3 is 1.20 bits per heavy atom. The summed E-state index contributed by atoms with van der Waals surface area (Å²) >= 11 is -0.826. The zero-order chi connectivity index (χ0) is 37.0. The number of aryl methyl sites for hydroxylation is 4. The fourth-order valence-corrected chi connectivity index (χ4v) is 8.88. The Hall–Kier alpha value is -1.15. The minimum Gasteiger partial charge on any atom is -0.0632 e. The molecule has 0 bridgehead atoms. The van der Waals surface area contributed by atoms with Gasteiger partial charge in [-0.1, -0.05) is 164 Å². The molecule has 4 aromatic carbocycles. The van der Waals surface area contributed by atoms with E-state index in [1.807, 2.05) is 0 Å². The number of halogens is 2. The normalized spacial score (nSPS) is 14.2. The maximum absolute atomic E-state index is 6.36. The van der Waals surface area contributed by atoms with Crippen LogP contribution in [0.15, 0.2) is 84.9 Å². The van der Waals surface area contributed by atoms with Crippen molar-refractivity contribution in [3.05, 3.63) is 107 Å². The smallest absolute Gasteiger partial charge is 0.0632 e. The third-order valence-corrected chi connectivity index (χ3v) is 20.8. The van der Waals surface area contributed by atoms with E-state index in [2.05, 4.69) is 153 Å². The van der Waals surface area contributed by atoms with Crippen LogP contribution in [-0.2, 0) is 46.5 Å². The predicted molar refractivity (Wildman–Crippen MR) is 224 cm³/mol. The average molecular weight is 844 g/mol. The van der Waals surface area contributed by atoms with Crippen LogP contribution in [0.3, 0.4) is 0 Å².